The van der Waals surface area contributed by atoms with Crippen LogP contribution in [0.4, 0.5) is 5.82 Å². The van der Waals surface area contributed by atoms with Gasteiger partial charge in [0.05, 0.1) is 5.52 Å². The number of hydrogen-bond acceptors (Lipinski definition) is 2. The van der Waals surface area contributed by atoms with Crippen LogP contribution in [0.2, 0.25) is 0 Å². The van der Waals surface area contributed by atoms with E-state index in [0.717, 1.165) is 11.3 Å². The van der Waals surface area contributed by atoms with Gasteiger partial charge in [-0.15, -0.1) is 0 Å². The molecule has 0 aliphatic heterocycles. The summed E-state index contributed by atoms with van der Waals surface area (Å²) < 4.78 is 0. The van der Waals surface area contributed by atoms with E-state index in [0.29, 0.717) is 0 Å². The van der Waals surface area contributed by atoms with Crippen LogP contribution in [0.3, 0.4) is 0 Å². The third kappa shape index (κ3) is 1.67. The zero-order valence-electron chi connectivity index (χ0n) is 9.70. The Hall–Kier alpha value is -1.57. The van der Waals surface area contributed by atoms with Crippen LogP contribution in [-0.2, 0) is 0 Å². The molecule has 2 aromatic rings. The van der Waals surface area contributed by atoms with Gasteiger partial charge in [-0.05, 0) is 31.0 Å². The van der Waals surface area contributed by atoms with E-state index < -0.39 is 0 Å². The monoisotopic (exact) mass is 200 g/mol. The van der Waals surface area contributed by atoms with Crippen LogP contribution in [-0.4, -0.2) is 19.1 Å². The fourth-order valence-corrected chi connectivity index (χ4v) is 1.77. The van der Waals surface area contributed by atoms with E-state index in [2.05, 4.69) is 43.1 Å². The van der Waals surface area contributed by atoms with Crippen molar-refractivity contribution in [3.05, 3.63) is 35.4 Å². The molecule has 1 heterocycles. The van der Waals surface area contributed by atoms with Crippen LogP contribution in [0.25, 0.3) is 10.9 Å². The summed E-state index contributed by atoms with van der Waals surface area (Å²) in [4.78, 5) is 6.70. The maximum absolute atomic E-state index is 4.66. The average molecular weight is 200 g/mol. The van der Waals surface area contributed by atoms with Crippen molar-refractivity contribution in [1.82, 2.24) is 4.98 Å². The molecule has 1 aromatic carbocycles. The summed E-state index contributed by atoms with van der Waals surface area (Å²) in [6.07, 6.45) is 0. The van der Waals surface area contributed by atoms with Gasteiger partial charge in [0.25, 0.3) is 0 Å². The minimum atomic E-state index is 1.02. The highest BCUT2D eigenvalue weighted by Crippen LogP contribution is 2.23. The van der Waals surface area contributed by atoms with Crippen LogP contribution in [0.5, 0.6) is 0 Å². The molecule has 0 bridgehead atoms. The number of aryl methyl sites for hydroxylation is 2. The van der Waals surface area contributed by atoms with E-state index in [-0.39, 0.29) is 0 Å². The van der Waals surface area contributed by atoms with Gasteiger partial charge in [-0.1, -0.05) is 18.2 Å². The standard InChI is InChI=1S/C13H16N2/c1-9-6-5-7-11-10(2)8-12(15(3)4)14-13(9)11/h5-8H,1-4H3. The van der Waals surface area contributed by atoms with Gasteiger partial charge in [-0.2, -0.15) is 0 Å². The first kappa shape index (κ1) is 9.97. The fraction of sp³-hybridized carbons (Fsp3) is 0.308. The molecule has 1 aromatic heterocycles. The lowest BCUT2D eigenvalue weighted by Gasteiger charge is -2.14. The molecule has 0 saturated carbocycles. The van der Waals surface area contributed by atoms with Crippen molar-refractivity contribution >= 4 is 16.7 Å². The number of nitrogens with zero attached hydrogens (tertiary/aromatic N) is 2. The number of rotatable bonds is 1. The van der Waals surface area contributed by atoms with Crippen molar-refractivity contribution in [2.45, 2.75) is 13.8 Å². The molecule has 0 N–H and O–H groups in total. The zero-order valence-corrected chi connectivity index (χ0v) is 9.70. The molecule has 2 rings (SSSR count). The highest BCUT2D eigenvalue weighted by molar-refractivity contribution is 5.86. The van der Waals surface area contributed by atoms with Crippen molar-refractivity contribution in [2.75, 3.05) is 19.0 Å². The molecule has 0 spiro atoms. The predicted molar refractivity (Wildman–Crippen MR) is 65.5 cm³/mol. The first-order valence-corrected chi connectivity index (χ1v) is 5.14. The summed E-state index contributed by atoms with van der Waals surface area (Å²) in [7, 11) is 4.04. The second-order valence-electron chi connectivity index (χ2n) is 4.16. The predicted octanol–water partition coefficient (Wildman–Crippen LogP) is 2.92. The van der Waals surface area contributed by atoms with Gasteiger partial charge in [0.1, 0.15) is 5.82 Å². The Kier molecular flexibility index (Phi) is 2.35. The number of fused-ring (bicyclic) bond motifs is 1. The third-order valence-electron chi connectivity index (χ3n) is 2.69. The Morgan fingerprint density at radius 1 is 1.07 bits per heavy atom. The Labute approximate surface area is 90.6 Å². The summed E-state index contributed by atoms with van der Waals surface area (Å²) >= 11 is 0. The molecule has 2 heteroatoms. The van der Waals surface area contributed by atoms with E-state index in [1.54, 1.807) is 0 Å². The van der Waals surface area contributed by atoms with Gasteiger partial charge in [-0.3, -0.25) is 0 Å². The number of benzene rings is 1. The molecule has 0 aliphatic rings. The second kappa shape index (κ2) is 3.54. The van der Waals surface area contributed by atoms with E-state index >= 15 is 0 Å². The zero-order chi connectivity index (χ0) is 11.0. The number of para-hydroxylation sites is 1. The van der Waals surface area contributed by atoms with Crippen molar-refractivity contribution in [2.24, 2.45) is 0 Å². The minimum Gasteiger partial charge on any atom is -0.363 e. The second-order valence-corrected chi connectivity index (χ2v) is 4.16. The Morgan fingerprint density at radius 2 is 1.80 bits per heavy atom. The Morgan fingerprint density at radius 3 is 2.47 bits per heavy atom. The van der Waals surface area contributed by atoms with Crippen LogP contribution in [0.1, 0.15) is 11.1 Å². The number of hydrogen-bond donors (Lipinski definition) is 0. The summed E-state index contributed by atoms with van der Waals surface area (Å²) in [6, 6.07) is 8.45. The highest BCUT2D eigenvalue weighted by atomic mass is 15.1. The normalized spacial score (nSPS) is 10.7. The molecular weight excluding hydrogens is 184 g/mol. The topological polar surface area (TPSA) is 16.1 Å². The van der Waals surface area contributed by atoms with Gasteiger partial charge in [0, 0.05) is 19.5 Å². The maximum atomic E-state index is 4.66. The number of aromatic nitrogens is 1. The molecule has 0 fully saturated rings. The molecule has 15 heavy (non-hydrogen) atoms. The summed E-state index contributed by atoms with van der Waals surface area (Å²) in [5.74, 6) is 1.02. The van der Waals surface area contributed by atoms with Gasteiger partial charge >= 0.3 is 0 Å². The lowest BCUT2D eigenvalue weighted by atomic mass is 10.1. The van der Waals surface area contributed by atoms with E-state index in [1.807, 2.05) is 19.0 Å². The smallest absolute Gasteiger partial charge is 0.129 e. The molecule has 0 unspecified atom stereocenters. The van der Waals surface area contributed by atoms with Gasteiger partial charge in [-0.25, -0.2) is 4.98 Å². The largest absolute Gasteiger partial charge is 0.363 e. The van der Waals surface area contributed by atoms with Gasteiger partial charge < -0.3 is 4.90 Å². The van der Waals surface area contributed by atoms with E-state index in [9.17, 15) is 0 Å². The van der Waals surface area contributed by atoms with Crippen molar-refractivity contribution < 1.29 is 0 Å². The van der Waals surface area contributed by atoms with Crippen molar-refractivity contribution in [3.8, 4) is 0 Å². The maximum Gasteiger partial charge on any atom is 0.129 e. The summed E-state index contributed by atoms with van der Waals surface area (Å²) in [6.45, 7) is 4.24. The van der Waals surface area contributed by atoms with Crippen LogP contribution in [0, 0.1) is 13.8 Å². The molecule has 0 atom stereocenters. The molecular formula is C13H16N2. The SMILES string of the molecule is Cc1cc(N(C)C)nc2c(C)cccc12. The first-order valence-electron chi connectivity index (χ1n) is 5.14. The number of pyridine rings is 1. The molecule has 2 nitrogen and oxygen atoms in total. The summed E-state index contributed by atoms with van der Waals surface area (Å²) in [5.41, 5.74) is 3.63. The molecule has 0 saturated heterocycles. The number of anilines is 1. The minimum absolute atomic E-state index is 1.02. The lowest BCUT2D eigenvalue weighted by molar-refractivity contribution is 1.08. The molecule has 0 aliphatic carbocycles. The third-order valence-corrected chi connectivity index (χ3v) is 2.69. The quantitative estimate of drug-likeness (QED) is 0.703. The van der Waals surface area contributed by atoms with E-state index in [4.69, 9.17) is 0 Å². The average Bonchev–Trinajstić information content (AvgIpc) is 2.19. The van der Waals surface area contributed by atoms with Crippen LogP contribution >= 0.6 is 0 Å². The Balaban J connectivity index is 2.80. The van der Waals surface area contributed by atoms with Crippen molar-refractivity contribution in [1.29, 1.82) is 0 Å². The molecule has 0 amide bonds. The van der Waals surface area contributed by atoms with Crippen molar-refractivity contribution in [3.63, 3.8) is 0 Å². The summed E-state index contributed by atoms with van der Waals surface area (Å²) in [5, 5.41) is 1.25. The fourth-order valence-electron chi connectivity index (χ4n) is 1.77. The van der Waals surface area contributed by atoms with Crippen LogP contribution < -0.4 is 4.90 Å². The van der Waals surface area contributed by atoms with Crippen LogP contribution in [0.15, 0.2) is 24.3 Å². The first-order chi connectivity index (χ1) is 7.09. The van der Waals surface area contributed by atoms with Gasteiger partial charge in [0.2, 0.25) is 0 Å². The lowest BCUT2D eigenvalue weighted by Crippen LogP contribution is -2.11. The molecule has 78 valence electrons. The highest BCUT2D eigenvalue weighted by Gasteiger charge is 2.05. The van der Waals surface area contributed by atoms with Gasteiger partial charge in [0.15, 0.2) is 0 Å². The van der Waals surface area contributed by atoms with E-state index in [1.165, 1.54) is 16.5 Å². The molecule has 0 radical (unpaired) electrons. The Bertz CT molecular complexity index is 501.